The highest BCUT2D eigenvalue weighted by Crippen LogP contribution is 2.30. The number of anilines is 1. The maximum Gasteiger partial charge on any atom is 0.416 e. The zero-order chi connectivity index (χ0) is 20.1. The van der Waals surface area contributed by atoms with E-state index in [0.717, 1.165) is 28.8 Å². The lowest BCUT2D eigenvalue weighted by Gasteiger charge is -2.22. The molecular weight excluding hydrogens is 381 g/mol. The van der Waals surface area contributed by atoms with Gasteiger partial charge in [-0.05, 0) is 54.5 Å². The Morgan fingerprint density at radius 1 is 0.857 bits per heavy atom. The van der Waals surface area contributed by atoms with Crippen LogP contribution in [0.5, 0.6) is 0 Å². The average Bonchev–Trinajstić information content (AvgIpc) is 2.66. The summed E-state index contributed by atoms with van der Waals surface area (Å²) in [6.45, 7) is 2.02. The molecule has 3 aromatic carbocycles. The van der Waals surface area contributed by atoms with Crippen LogP contribution in [0.25, 0.3) is 0 Å². The van der Waals surface area contributed by atoms with Crippen LogP contribution in [-0.2, 0) is 6.18 Å². The van der Waals surface area contributed by atoms with Gasteiger partial charge in [0.2, 0.25) is 0 Å². The smallest absolute Gasteiger partial charge is 0.352 e. The fourth-order valence-corrected chi connectivity index (χ4v) is 3.13. The third-order valence-electron chi connectivity index (χ3n) is 4.25. The minimum absolute atomic E-state index is 0.185. The minimum Gasteiger partial charge on any atom is -0.352 e. The number of nitrogens with one attached hydrogen (secondary N) is 2. The van der Waals surface area contributed by atoms with Gasteiger partial charge in [-0.3, -0.25) is 0 Å². The molecule has 3 rings (SSSR count). The zero-order valence-corrected chi connectivity index (χ0v) is 15.9. The fraction of sp³-hybridized carbons (Fsp3) is 0.136. The van der Waals surface area contributed by atoms with Gasteiger partial charge in [0.25, 0.3) is 0 Å². The van der Waals surface area contributed by atoms with E-state index in [1.165, 1.54) is 12.1 Å². The van der Waals surface area contributed by atoms with E-state index in [-0.39, 0.29) is 6.04 Å². The van der Waals surface area contributed by atoms with Crippen molar-refractivity contribution in [2.45, 2.75) is 19.1 Å². The Kier molecular flexibility index (Phi) is 5.99. The maximum absolute atomic E-state index is 12.7. The van der Waals surface area contributed by atoms with Gasteiger partial charge in [-0.1, -0.05) is 60.2 Å². The SMILES string of the molecule is Cc1cccc([C@H](NC(=S)Nc2ccc(C(F)(F)F)cc2)c2ccccc2)c1. The summed E-state index contributed by atoms with van der Waals surface area (Å²) in [6.07, 6.45) is -4.36. The first-order chi connectivity index (χ1) is 13.3. The first-order valence-corrected chi connectivity index (χ1v) is 9.10. The number of benzene rings is 3. The molecule has 0 spiro atoms. The molecule has 6 heteroatoms. The van der Waals surface area contributed by atoms with E-state index in [1.807, 2.05) is 55.5 Å². The van der Waals surface area contributed by atoms with Crippen LogP contribution in [0.1, 0.15) is 28.3 Å². The van der Waals surface area contributed by atoms with E-state index < -0.39 is 11.7 Å². The second kappa shape index (κ2) is 8.44. The van der Waals surface area contributed by atoms with Crippen molar-refractivity contribution in [3.63, 3.8) is 0 Å². The lowest BCUT2D eigenvalue weighted by molar-refractivity contribution is -0.137. The van der Waals surface area contributed by atoms with Crippen molar-refractivity contribution in [1.29, 1.82) is 0 Å². The fourth-order valence-electron chi connectivity index (χ4n) is 2.90. The molecular formula is C22H19F3N2S. The molecule has 2 nitrogen and oxygen atoms in total. The Balaban J connectivity index is 1.78. The van der Waals surface area contributed by atoms with E-state index >= 15 is 0 Å². The van der Waals surface area contributed by atoms with Gasteiger partial charge >= 0.3 is 6.18 Å². The van der Waals surface area contributed by atoms with E-state index in [0.29, 0.717) is 10.8 Å². The maximum atomic E-state index is 12.7. The third-order valence-corrected chi connectivity index (χ3v) is 4.47. The predicted molar refractivity (Wildman–Crippen MR) is 110 cm³/mol. The van der Waals surface area contributed by atoms with Crippen molar-refractivity contribution in [3.05, 3.63) is 101 Å². The van der Waals surface area contributed by atoms with Crippen LogP contribution in [0.4, 0.5) is 18.9 Å². The number of alkyl halides is 3. The summed E-state index contributed by atoms with van der Waals surface area (Å²) in [6, 6.07) is 22.5. The van der Waals surface area contributed by atoms with Crippen molar-refractivity contribution in [2.75, 3.05) is 5.32 Å². The quantitative estimate of drug-likeness (QED) is 0.518. The predicted octanol–water partition coefficient (Wildman–Crippen LogP) is 6.09. The highest BCUT2D eigenvalue weighted by atomic mass is 32.1. The van der Waals surface area contributed by atoms with Gasteiger partial charge in [-0.15, -0.1) is 0 Å². The summed E-state index contributed by atoms with van der Waals surface area (Å²) in [5, 5.41) is 6.56. The number of aryl methyl sites for hydroxylation is 1. The Hall–Kier alpha value is -2.86. The summed E-state index contributed by atoms with van der Waals surface area (Å²) in [5.74, 6) is 0. The molecule has 3 aromatic rings. The van der Waals surface area contributed by atoms with Gasteiger partial charge in [0, 0.05) is 5.69 Å². The van der Waals surface area contributed by atoms with Crippen LogP contribution in [0.15, 0.2) is 78.9 Å². The Bertz CT molecular complexity index is 938. The number of halogens is 3. The van der Waals surface area contributed by atoms with E-state index in [1.54, 1.807) is 0 Å². The lowest BCUT2D eigenvalue weighted by atomic mass is 9.97. The van der Waals surface area contributed by atoms with Crippen LogP contribution in [0.3, 0.4) is 0 Å². The first kappa shape index (κ1) is 19.9. The summed E-state index contributed by atoms with van der Waals surface area (Å²) in [7, 11) is 0. The van der Waals surface area contributed by atoms with Gasteiger partial charge < -0.3 is 10.6 Å². The topological polar surface area (TPSA) is 24.1 Å². The average molecular weight is 400 g/mol. The molecule has 1 atom stereocenters. The zero-order valence-electron chi connectivity index (χ0n) is 15.1. The van der Waals surface area contributed by atoms with Crippen molar-refractivity contribution >= 4 is 23.0 Å². The summed E-state index contributed by atoms with van der Waals surface area (Å²) >= 11 is 5.41. The number of thiocarbonyl (C=S) groups is 1. The Morgan fingerprint density at radius 2 is 1.50 bits per heavy atom. The molecule has 2 N–H and O–H groups in total. The number of rotatable bonds is 4. The second-order valence-corrected chi connectivity index (χ2v) is 6.84. The summed E-state index contributed by atoms with van der Waals surface area (Å²) in [5.41, 5.74) is 3.00. The third kappa shape index (κ3) is 5.10. The monoisotopic (exact) mass is 400 g/mol. The molecule has 0 heterocycles. The molecule has 0 radical (unpaired) electrons. The molecule has 0 unspecified atom stereocenters. The molecule has 0 fully saturated rings. The molecule has 28 heavy (non-hydrogen) atoms. The molecule has 0 bridgehead atoms. The molecule has 0 aliphatic heterocycles. The van der Waals surface area contributed by atoms with Crippen molar-refractivity contribution < 1.29 is 13.2 Å². The number of hydrogen-bond donors (Lipinski definition) is 2. The van der Waals surface area contributed by atoms with Gasteiger partial charge in [0.05, 0.1) is 11.6 Å². The van der Waals surface area contributed by atoms with Crippen LogP contribution >= 0.6 is 12.2 Å². The number of hydrogen-bond acceptors (Lipinski definition) is 1. The normalized spacial score (nSPS) is 12.3. The van der Waals surface area contributed by atoms with Crippen LogP contribution in [-0.4, -0.2) is 5.11 Å². The molecule has 144 valence electrons. The van der Waals surface area contributed by atoms with Gasteiger partial charge in [-0.2, -0.15) is 13.2 Å². The highest BCUT2D eigenvalue weighted by molar-refractivity contribution is 7.80. The van der Waals surface area contributed by atoms with Gasteiger partial charge in [-0.25, -0.2) is 0 Å². The summed E-state index contributed by atoms with van der Waals surface area (Å²) < 4.78 is 38.1. The largest absolute Gasteiger partial charge is 0.416 e. The van der Waals surface area contributed by atoms with Crippen LogP contribution in [0, 0.1) is 6.92 Å². The molecule has 0 aliphatic carbocycles. The molecule has 0 saturated carbocycles. The molecule has 0 aliphatic rings. The Morgan fingerprint density at radius 3 is 2.11 bits per heavy atom. The van der Waals surface area contributed by atoms with E-state index in [4.69, 9.17) is 12.2 Å². The van der Waals surface area contributed by atoms with Gasteiger partial charge in [0.1, 0.15) is 0 Å². The van der Waals surface area contributed by atoms with Crippen molar-refractivity contribution in [2.24, 2.45) is 0 Å². The molecule has 0 aromatic heterocycles. The minimum atomic E-state index is -4.36. The van der Waals surface area contributed by atoms with E-state index in [2.05, 4.69) is 16.7 Å². The Labute approximate surface area is 167 Å². The van der Waals surface area contributed by atoms with E-state index in [9.17, 15) is 13.2 Å². The lowest BCUT2D eigenvalue weighted by Crippen LogP contribution is -2.33. The second-order valence-electron chi connectivity index (χ2n) is 6.43. The van der Waals surface area contributed by atoms with Crippen LogP contribution in [0.2, 0.25) is 0 Å². The molecule has 0 saturated heterocycles. The van der Waals surface area contributed by atoms with Crippen LogP contribution < -0.4 is 10.6 Å². The first-order valence-electron chi connectivity index (χ1n) is 8.69. The standard InChI is InChI=1S/C22H19F3N2S/c1-15-6-5-9-17(14-15)20(16-7-3-2-4-8-16)27-21(28)26-19-12-10-18(11-13-19)22(23,24)25/h2-14,20H,1H3,(H2,26,27,28)/t20-/m1/s1. The summed E-state index contributed by atoms with van der Waals surface area (Å²) in [4.78, 5) is 0. The highest BCUT2D eigenvalue weighted by Gasteiger charge is 2.30. The van der Waals surface area contributed by atoms with Gasteiger partial charge in [0.15, 0.2) is 5.11 Å². The molecule has 0 amide bonds. The van der Waals surface area contributed by atoms with Crippen molar-refractivity contribution in [3.8, 4) is 0 Å². The van der Waals surface area contributed by atoms with Crippen molar-refractivity contribution in [1.82, 2.24) is 5.32 Å².